The molecule has 0 radical (unpaired) electrons. The lowest BCUT2D eigenvalue weighted by Crippen LogP contribution is -2.42. The zero-order valence-electron chi connectivity index (χ0n) is 17.2. The highest BCUT2D eigenvalue weighted by Crippen LogP contribution is 2.20. The molecule has 1 unspecified atom stereocenters. The molecule has 0 spiro atoms. The van der Waals surface area contributed by atoms with Gasteiger partial charge in [-0.3, -0.25) is 4.90 Å². The van der Waals surface area contributed by atoms with Gasteiger partial charge in [0.15, 0.2) is 5.96 Å². The Bertz CT molecular complexity index is 786. The highest BCUT2D eigenvalue weighted by molar-refractivity contribution is 5.80. The molecule has 1 aromatic heterocycles. The maximum Gasteiger partial charge on any atom is 0.226 e. The second-order valence-corrected chi connectivity index (χ2v) is 7.69. The number of hydrogen-bond acceptors (Lipinski definition) is 5. The van der Waals surface area contributed by atoms with Gasteiger partial charge < -0.3 is 19.4 Å². The van der Waals surface area contributed by atoms with Crippen LogP contribution in [0.15, 0.2) is 46.0 Å². The number of benzene rings is 1. The number of aliphatic imine (C=N–C) groups is 1. The summed E-state index contributed by atoms with van der Waals surface area (Å²) in [6.07, 6.45) is 2.92. The van der Waals surface area contributed by atoms with Crippen LogP contribution in [0.3, 0.4) is 0 Å². The summed E-state index contributed by atoms with van der Waals surface area (Å²) >= 11 is 0. The lowest BCUT2D eigenvalue weighted by atomic mass is 10.1. The van der Waals surface area contributed by atoms with Gasteiger partial charge in [0.05, 0.1) is 19.8 Å². The topological polar surface area (TPSA) is 66.1 Å². The highest BCUT2D eigenvalue weighted by atomic mass is 16.5. The molecule has 0 aliphatic carbocycles. The average molecular weight is 398 g/mol. The molecular formula is C22H31N5O2. The van der Waals surface area contributed by atoms with Crippen molar-refractivity contribution in [3.63, 3.8) is 0 Å². The molecule has 1 atom stereocenters. The first-order chi connectivity index (χ1) is 14.3. The van der Waals surface area contributed by atoms with Gasteiger partial charge in [0, 0.05) is 44.8 Å². The summed E-state index contributed by atoms with van der Waals surface area (Å²) < 4.78 is 11.1. The molecule has 2 saturated heterocycles. The molecule has 2 aromatic rings. The second-order valence-electron chi connectivity index (χ2n) is 7.69. The Morgan fingerprint density at radius 2 is 2.03 bits per heavy atom. The Labute approximate surface area is 172 Å². The van der Waals surface area contributed by atoms with Gasteiger partial charge in [-0.1, -0.05) is 18.2 Å². The Morgan fingerprint density at radius 1 is 1.21 bits per heavy atom. The third-order valence-corrected chi connectivity index (χ3v) is 5.50. The summed E-state index contributed by atoms with van der Waals surface area (Å²) in [6, 6.07) is 9.97. The molecule has 156 valence electrons. The van der Waals surface area contributed by atoms with E-state index < -0.39 is 0 Å². The number of hydrogen-bond donors (Lipinski definition) is 1. The number of nitrogens with zero attached hydrogens (tertiary/aromatic N) is 4. The molecule has 3 heterocycles. The van der Waals surface area contributed by atoms with Crippen LogP contribution in [0.25, 0.3) is 11.5 Å². The van der Waals surface area contributed by atoms with Gasteiger partial charge in [0.25, 0.3) is 0 Å². The van der Waals surface area contributed by atoms with Crippen molar-refractivity contribution < 1.29 is 9.15 Å². The summed E-state index contributed by atoms with van der Waals surface area (Å²) in [5.74, 6) is 2.31. The summed E-state index contributed by atoms with van der Waals surface area (Å²) in [7, 11) is 0. The van der Waals surface area contributed by atoms with E-state index in [0.29, 0.717) is 18.4 Å². The summed E-state index contributed by atoms with van der Waals surface area (Å²) in [5, 5.41) is 3.44. The zero-order chi connectivity index (χ0) is 19.9. The van der Waals surface area contributed by atoms with Crippen LogP contribution in [-0.2, 0) is 11.3 Å². The minimum absolute atomic E-state index is 0.517. The van der Waals surface area contributed by atoms with Crippen LogP contribution in [0.1, 0.15) is 19.0 Å². The van der Waals surface area contributed by atoms with Crippen molar-refractivity contribution in [3.05, 3.63) is 42.3 Å². The number of morpholine rings is 1. The van der Waals surface area contributed by atoms with Gasteiger partial charge in [0.2, 0.25) is 5.89 Å². The van der Waals surface area contributed by atoms with Crippen molar-refractivity contribution in [3.8, 4) is 11.5 Å². The number of nitrogens with one attached hydrogen (secondary N) is 1. The Kier molecular flexibility index (Phi) is 6.79. The third kappa shape index (κ3) is 5.36. The molecule has 2 aliphatic rings. The molecule has 7 heteroatoms. The summed E-state index contributed by atoms with van der Waals surface area (Å²) in [6.45, 7) is 10.6. The van der Waals surface area contributed by atoms with Crippen molar-refractivity contribution in [2.45, 2.75) is 19.9 Å². The molecule has 0 saturated carbocycles. The number of rotatable bonds is 6. The van der Waals surface area contributed by atoms with E-state index in [1.54, 1.807) is 6.26 Å². The fourth-order valence-corrected chi connectivity index (χ4v) is 4.00. The molecule has 0 bridgehead atoms. The zero-order valence-corrected chi connectivity index (χ0v) is 17.2. The first kappa shape index (κ1) is 19.9. The van der Waals surface area contributed by atoms with Crippen LogP contribution in [-0.4, -0.2) is 73.2 Å². The number of guanidine groups is 1. The monoisotopic (exact) mass is 397 g/mol. The molecule has 4 rings (SSSR count). The molecular weight excluding hydrogens is 366 g/mol. The second kappa shape index (κ2) is 9.89. The van der Waals surface area contributed by atoms with Crippen LogP contribution in [0.4, 0.5) is 0 Å². The van der Waals surface area contributed by atoms with E-state index in [9.17, 15) is 0 Å². The molecule has 0 amide bonds. The normalized spacial score (nSPS) is 20.9. The Morgan fingerprint density at radius 3 is 2.83 bits per heavy atom. The van der Waals surface area contributed by atoms with Gasteiger partial charge in [0.1, 0.15) is 12.0 Å². The fourth-order valence-electron chi connectivity index (χ4n) is 4.00. The average Bonchev–Trinajstić information content (AvgIpc) is 3.42. The van der Waals surface area contributed by atoms with Crippen molar-refractivity contribution in [2.24, 2.45) is 10.9 Å². The molecule has 1 aromatic carbocycles. The van der Waals surface area contributed by atoms with E-state index in [0.717, 1.165) is 69.7 Å². The van der Waals surface area contributed by atoms with E-state index >= 15 is 0 Å². The molecule has 2 aliphatic heterocycles. The quantitative estimate of drug-likeness (QED) is 0.597. The molecule has 1 N–H and O–H groups in total. The molecule has 29 heavy (non-hydrogen) atoms. The van der Waals surface area contributed by atoms with Crippen LogP contribution >= 0.6 is 0 Å². The summed E-state index contributed by atoms with van der Waals surface area (Å²) in [4.78, 5) is 14.3. The van der Waals surface area contributed by atoms with Gasteiger partial charge >= 0.3 is 0 Å². The van der Waals surface area contributed by atoms with Crippen LogP contribution < -0.4 is 5.32 Å². The number of likely N-dealkylation sites (tertiary alicyclic amines) is 1. The van der Waals surface area contributed by atoms with E-state index in [1.165, 1.54) is 6.42 Å². The predicted molar refractivity (Wildman–Crippen MR) is 114 cm³/mol. The van der Waals surface area contributed by atoms with Crippen LogP contribution in [0.5, 0.6) is 0 Å². The third-order valence-electron chi connectivity index (χ3n) is 5.50. The SMILES string of the molecule is CCNC(=NCc1coc(-c2ccccc2)n1)N1CCC(CN2CCOCC2)C1. The summed E-state index contributed by atoms with van der Waals surface area (Å²) in [5.41, 5.74) is 1.84. The van der Waals surface area contributed by atoms with Gasteiger partial charge in [-0.15, -0.1) is 0 Å². The molecule has 2 fully saturated rings. The van der Waals surface area contributed by atoms with Crippen molar-refractivity contribution in [1.29, 1.82) is 0 Å². The van der Waals surface area contributed by atoms with Gasteiger partial charge in [-0.05, 0) is 31.4 Å². The van der Waals surface area contributed by atoms with E-state index in [-0.39, 0.29) is 0 Å². The van der Waals surface area contributed by atoms with E-state index in [2.05, 4.69) is 27.0 Å². The van der Waals surface area contributed by atoms with Crippen LogP contribution in [0, 0.1) is 5.92 Å². The van der Waals surface area contributed by atoms with E-state index in [4.69, 9.17) is 14.1 Å². The van der Waals surface area contributed by atoms with Crippen molar-refractivity contribution in [2.75, 3.05) is 52.5 Å². The lowest BCUT2D eigenvalue weighted by Gasteiger charge is -2.29. The number of ether oxygens (including phenoxy) is 1. The standard InChI is InChI=1S/C22H31N5O2/c1-2-23-22(27-9-8-18(16-27)15-26-10-12-28-13-11-26)24-14-20-17-29-21(25-20)19-6-4-3-5-7-19/h3-7,17-18H,2,8-16H2,1H3,(H,23,24). The van der Waals surface area contributed by atoms with Crippen molar-refractivity contribution in [1.82, 2.24) is 20.1 Å². The minimum Gasteiger partial charge on any atom is -0.444 e. The van der Waals surface area contributed by atoms with Crippen LogP contribution in [0.2, 0.25) is 0 Å². The smallest absolute Gasteiger partial charge is 0.226 e. The van der Waals surface area contributed by atoms with Gasteiger partial charge in [-0.25, -0.2) is 9.98 Å². The maximum atomic E-state index is 5.64. The first-order valence-corrected chi connectivity index (χ1v) is 10.6. The fraction of sp³-hybridized carbons (Fsp3) is 0.545. The van der Waals surface area contributed by atoms with E-state index in [1.807, 2.05) is 30.3 Å². The molecule has 7 nitrogen and oxygen atoms in total. The lowest BCUT2D eigenvalue weighted by molar-refractivity contribution is 0.0315. The predicted octanol–water partition coefficient (Wildman–Crippen LogP) is 2.46. The maximum absolute atomic E-state index is 5.64. The van der Waals surface area contributed by atoms with Crippen molar-refractivity contribution >= 4 is 5.96 Å². The highest BCUT2D eigenvalue weighted by Gasteiger charge is 2.27. The largest absolute Gasteiger partial charge is 0.444 e. The minimum atomic E-state index is 0.517. The Hall–Kier alpha value is -2.38. The van der Waals surface area contributed by atoms with Gasteiger partial charge in [-0.2, -0.15) is 0 Å². The number of aromatic nitrogens is 1. The number of oxazole rings is 1. The first-order valence-electron chi connectivity index (χ1n) is 10.6. The Balaban J connectivity index is 1.35.